The lowest BCUT2D eigenvalue weighted by molar-refractivity contribution is -0.142. The fourth-order valence-corrected chi connectivity index (χ4v) is 4.99. The Morgan fingerprint density at radius 1 is 0.489 bits per heavy atom. The molecule has 11 nitrogen and oxygen atoms in total. The third-order valence-corrected chi connectivity index (χ3v) is 7.55. The molecule has 0 fully saturated rings. The third-order valence-electron chi connectivity index (χ3n) is 7.55. The van der Waals surface area contributed by atoms with Crippen molar-refractivity contribution >= 4 is 23.7 Å². The molecule has 0 aliphatic carbocycles. The van der Waals surface area contributed by atoms with Crippen LogP contribution in [0.4, 0.5) is 0 Å². The van der Waals surface area contributed by atoms with Gasteiger partial charge < -0.3 is 37.0 Å². The summed E-state index contributed by atoms with van der Waals surface area (Å²) in [7, 11) is 0. The summed E-state index contributed by atoms with van der Waals surface area (Å²) in [5, 5.41) is 37.0. The predicted molar refractivity (Wildman–Crippen MR) is 175 cm³/mol. The lowest BCUT2D eigenvalue weighted by atomic mass is 10.0. The summed E-state index contributed by atoms with van der Waals surface area (Å²) < 4.78 is 0. The third kappa shape index (κ3) is 10.7. The van der Waals surface area contributed by atoms with Crippen LogP contribution in [0.25, 0.3) is 0 Å². The number of hydrogen-bond acceptors (Lipinski definition) is 7. The molecule has 4 unspecified atom stereocenters. The number of aliphatic carboxylic acids is 1. The Hall–Kier alpha value is -5.68. The highest BCUT2D eigenvalue weighted by molar-refractivity contribution is 5.94. The van der Waals surface area contributed by atoms with E-state index >= 15 is 0 Å². The van der Waals surface area contributed by atoms with Gasteiger partial charge in [-0.3, -0.25) is 14.4 Å². The summed E-state index contributed by atoms with van der Waals surface area (Å²) in [6.45, 7) is 0. The number of amides is 3. The molecule has 0 saturated heterocycles. The normalized spacial score (nSPS) is 13.4. The number of nitrogens with one attached hydrogen (secondary N) is 3. The molecule has 0 spiro atoms. The first-order valence-corrected chi connectivity index (χ1v) is 15.1. The maximum absolute atomic E-state index is 13.8. The summed E-state index contributed by atoms with van der Waals surface area (Å²) in [5.41, 5.74) is 8.96. The van der Waals surface area contributed by atoms with E-state index in [1.54, 1.807) is 72.8 Å². The molecule has 0 aliphatic rings. The van der Waals surface area contributed by atoms with Crippen LogP contribution in [0, 0.1) is 0 Å². The Labute approximate surface area is 272 Å². The van der Waals surface area contributed by atoms with Crippen LogP contribution in [0.2, 0.25) is 0 Å². The zero-order valence-electron chi connectivity index (χ0n) is 25.6. The van der Waals surface area contributed by atoms with Crippen molar-refractivity contribution in [3.8, 4) is 11.5 Å². The number of carboxylic acid groups (broad SMARTS) is 1. The van der Waals surface area contributed by atoms with E-state index in [2.05, 4.69) is 16.0 Å². The van der Waals surface area contributed by atoms with Gasteiger partial charge >= 0.3 is 5.97 Å². The van der Waals surface area contributed by atoms with E-state index in [9.17, 15) is 34.5 Å². The van der Waals surface area contributed by atoms with Gasteiger partial charge in [0.15, 0.2) is 0 Å². The maximum Gasteiger partial charge on any atom is 0.326 e. The first-order chi connectivity index (χ1) is 22.6. The van der Waals surface area contributed by atoms with Crippen molar-refractivity contribution in [1.29, 1.82) is 0 Å². The minimum absolute atomic E-state index is 0.0220. The zero-order chi connectivity index (χ0) is 33.8. The van der Waals surface area contributed by atoms with E-state index in [4.69, 9.17) is 5.73 Å². The van der Waals surface area contributed by atoms with Gasteiger partial charge in [-0.15, -0.1) is 0 Å². The fraction of sp³-hybridized carbons (Fsp3) is 0.222. The Kier molecular flexibility index (Phi) is 12.1. The second-order valence-electron chi connectivity index (χ2n) is 11.2. The number of carbonyl (C=O) groups excluding carboxylic acids is 3. The Morgan fingerprint density at radius 3 is 1.26 bits per heavy atom. The molecule has 3 amide bonds. The van der Waals surface area contributed by atoms with Crippen molar-refractivity contribution in [2.75, 3.05) is 0 Å². The zero-order valence-corrected chi connectivity index (χ0v) is 25.6. The van der Waals surface area contributed by atoms with E-state index in [0.29, 0.717) is 5.56 Å². The van der Waals surface area contributed by atoms with E-state index in [-0.39, 0.29) is 37.2 Å². The quantitative estimate of drug-likeness (QED) is 0.103. The van der Waals surface area contributed by atoms with Crippen LogP contribution in [0.3, 0.4) is 0 Å². The number of phenolic OH excluding ortho intramolecular Hbond substituents is 2. The topological polar surface area (TPSA) is 191 Å². The summed E-state index contributed by atoms with van der Waals surface area (Å²) >= 11 is 0. The van der Waals surface area contributed by atoms with Crippen molar-refractivity contribution in [3.63, 3.8) is 0 Å². The van der Waals surface area contributed by atoms with E-state index < -0.39 is 47.9 Å². The monoisotopic (exact) mass is 638 g/mol. The molecule has 47 heavy (non-hydrogen) atoms. The Bertz CT molecular complexity index is 1630. The number of nitrogens with two attached hydrogens (primary N) is 1. The minimum Gasteiger partial charge on any atom is -0.508 e. The lowest BCUT2D eigenvalue weighted by Crippen LogP contribution is -2.58. The number of carboxylic acids is 1. The number of carbonyl (C=O) groups is 4. The molecule has 4 aromatic rings. The van der Waals surface area contributed by atoms with Crippen molar-refractivity contribution in [3.05, 3.63) is 131 Å². The highest BCUT2D eigenvalue weighted by Gasteiger charge is 2.31. The number of phenols is 2. The maximum atomic E-state index is 13.8. The largest absolute Gasteiger partial charge is 0.508 e. The molecule has 4 rings (SSSR count). The van der Waals surface area contributed by atoms with Gasteiger partial charge in [0, 0.05) is 19.3 Å². The molecule has 0 heterocycles. The second kappa shape index (κ2) is 16.6. The molecule has 0 saturated carbocycles. The predicted octanol–water partition coefficient (Wildman–Crippen LogP) is 2.23. The lowest BCUT2D eigenvalue weighted by Gasteiger charge is -2.25. The first kappa shape index (κ1) is 34.2. The summed E-state index contributed by atoms with van der Waals surface area (Å²) in [5.74, 6) is -3.13. The van der Waals surface area contributed by atoms with Gasteiger partial charge in [-0.2, -0.15) is 0 Å². The van der Waals surface area contributed by atoms with Crippen LogP contribution in [0.15, 0.2) is 109 Å². The highest BCUT2D eigenvalue weighted by atomic mass is 16.4. The van der Waals surface area contributed by atoms with Crippen LogP contribution < -0.4 is 21.7 Å². The van der Waals surface area contributed by atoms with E-state index in [1.807, 2.05) is 12.1 Å². The average molecular weight is 639 g/mol. The van der Waals surface area contributed by atoms with Gasteiger partial charge in [0.25, 0.3) is 0 Å². The van der Waals surface area contributed by atoms with Gasteiger partial charge in [-0.1, -0.05) is 84.9 Å². The summed E-state index contributed by atoms with van der Waals surface area (Å²) in [6, 6.07) is 25.6. The van der Waals surface area contributed by atoms with Crippen LogP contribution in [0.1, 0.15) is 22.3 Å². The molecular weight excluding hydrogens is 600 g/mol. The van der Waals surface area contributed by atoms with Crippen molar-refractivity contribution in [2.24, 2.45) is 5.73 Å². The average Bonchev–Trinajstić information content (AvgIpc) is 3.06. The van der Waals surface area contributed by atoms with Crippen LogP contribution >= 0.6 is 0 Å². The Balaban J connectivity index is 1.53. The SMILES string of the molecule is NC(Cc1ccc(O)cc1)C(=O)NC(Cc1ccccc1)C(=O)NC(Cc1ccccc1)C(=O)NC(Cc1ccc(O)cc1)C(=O)O. The smallest absolute Gasteiger partial charge is 0.326 e. The molecule has 4 atom stereocenters. The first-order valence-electron chi connectivity index (χ1n) is 15.1. The van der Waals surface area contributed by atoms with E-state index in [0.717, 1.165) is 16.7 Å². The molecule has 0 bridgehead atoms. The molecule has 8 N–H and O–H groups in total. The second-order valence-corrected chi connectivity index (χ2v) is 11.2. The van der Waals surface area contributed by atoms with Crippen molar-refractivity contribution < 1.29 is 34.5 Å². The fourth-order valence-electron chi connectivity index (χ4n) is 4.99. The van der Waals surface area contributed by atoms with Gasteiger partial charge in [0.05, 0.1) is 6.04 Å². The summed E-state index contributed by atoms with van der Waals surface area (Å²) in [4.78, 5) is 52.8. The van der Waals surface area contributed by atoms with E-state index in [1.165, 1.54) is 24.3 Å². The Morgan fingerprint density at radius 2 is 0.830 bits per heavy atom. The van der Waals surface area contributed by atoms with Crippen LogP contribution in [-0.4, -0.2) is 63.2 Å². The highest BCUT2D eigenvalue weighted by Crippen LogP contribution is 2.14. The van der Waals surface area contributed by atoms with Crippen molar-refractivity contribution in [1.82, 2.24) is 16.0 Å². The van der Waals surface area contributed by atoms with Crippen LogP contribution in [-0.2, 0) is 44.9 Å². The summed E-state index contributed by atoms with van der Waals surface area (Å²) in [6.07, 6.45) is 0.250. The van der Waals surface area contributed by atoms with Crippen LogP contribution in [0.5, 0.6) is 11.5 Å². The molecule has 0 aliphatic heterocycles. The minimum atomic E-state index is -1.32. The molecule has 0 aromatic heterocycles. The number of aromatic hydroxyl groups is 2. The van der Waals surface area contributed by atoms with Gasteiger partial charge in [0.2, 0.25) is 17.7 Å². The molecule has 4 aromatic carbocycles. The van der Waals surface area contributed by atoms with Crippen molar-refractivity contribution in [2.45, 2.75) is 49.9 Å². The molecule has 0 radical (unpaired) electrons. The number of hydrogen-bond donors (Lipinski definition) is 7. The van der Waals surface area contributed by atoms with Gasteiger partial charge in [0.1, 0.15) is 29.6 Å². The van der Waals surface area contributed by atoms with Gasteiger partial charge in [-0.25, -0.2) is 4.79 Å². The molecular formula is C36H38N4O7. The molecule has 244 valence electrons. The standard InChI is InChI=1S/C36H38N4O7/c37-29(19-25-11-15-27(41)16-12-25)33(43)38-30(20-23-7-3-1-4-8-23)34(44)39-31(21-24-9-5-2-6-10-24)35(45)40-32(36(46)47)22-26-13-17-28(42)18-14-26/h1-18,29-32,41-42H,19-22,37H2,(H,38,43)(H,39,44)(H,40,45)(H,46,47). The van der Waals surface area contributed by atoms with Gasteiger partial charge in [-0.05, 0) is 52.9 Å². The number of benzene rings is 4. The number of rotatable bonds is 15. The molecule has 11 heteroatoms.